The highest BCUT2D eigenvalue weighted by Gasteiger charge is 2.25. The van der Waals surface area contributed by atoms with E-state index in [2.05, 4.69) is 16.7 Å². The van der Waals surface area contributed by atoms with Crippen LogP contribution in [0.1, 0.15) is 13.3 Å². The summed E-state index contributed by atoms with van der Waals surface area (Å²) < 4.78 is 5.37. The van der Waals surface area contributed by atoms with Gasteiger partial charge in [-0.25, -0.2) is 0 Å². The van der Waals surface area contributed by atoms with Gasteiger partial charge in [0.25, 0.3) is 0 Å². The van der Waals surface area contributed by atoms with Gasteiger partial charge >= 0.3 is 0 Å². The fraction of sp³-hybridized carbons (Fsp3) is 1.00. The average Bonchev–Trinajstić information content (AvgIpc) is 2.38. The van der Waals surface area contributed by atoms with Crippen LogP contribution in [-0.2, 0) is 4.74 Å². The number of nitrogens with zero attached hydrogens (tertiary/aromatic N) is 2. The lowest BCUT2D eigenvalue weighted by molar-refractivity contribution is 0.0291. The maximum absolute atomic E-state index is 5.79. The summed E-state index contributed by atoms with van der Waals surface area (Å²) in [6.45, 7) is 12.1. The number of piperidine rings is 1. The molecule has 0 spiro atoms. The molecular formula is C13H27N3O. The summed E-state index contributed by atoms with van der Waals surface area (Å²) in [5.41, 5.74) is 5.79. The van der Waals surface area contributed by atoms with Crippen LogP contribution in [0.3, 0.4) is 0 Å². The van der Waals surface area contributed by atoms with Crippen LogP contribution < -0.4 is 5.73 Å². The molecule has 4 heteroatoms. The maximum Gasteiger partial charge on any atom is 0.0594 e. The van der Waals surface area contributed by atoms with Crippen molar-refractivity contribution in [3.05, 3.63) is 0 Å². The molecule has 0 amide bonds. The highest BCUT2D eigenvalue weighted by molar-refractivity contribution is 4.79. The smallest absolute Gasteiger partial charge is 0.0594 e. The molecule has 2 unspecified atom stereocenters. The fourth-order valence-electron chi connectivity index (χ4n) is 2.94. The van der Waals surface area contributed by atoms with Crippen LogP contribution in [0.15, 0.2) is 0 Å². The van der Waals surface area contributed by atoms with Crippen LogP contribution in [-0.4, -0.2) is 68.8 Å². The van der Waals surface area contributed by atoms with Crippen molar-refractivity contribution in [3.63, 3.8) is 0 Å². The maximum atomic E-state index is 5.79. The second kappa shape index (κ2) is 6.69. The van der Waals surface area contributed by atoms with Crippen LogP contribution in [0.25, 0.3) is 0 Å². The van der Waals surface area contributed by atoms with Crippen LogP contribution in [0.5, 0.6) is 0 Å². The van der Waals surface area contributed by atoms with Gasteiger partial charge in [-0.3, -0.25) is 4.90 Å². The third-order valence-electron chi connectivity index (χ3n) is 4.31. The van der Waals surface area contributed by atoms with Gasteiger partial charge in [-0.05, 0) is 31.3 Å². The lowest BCUT2D eigenvalue weighted by Crippen LogP contribution is -2.46. The van der Waals surface area contributed by atoms with Gasteiger partial charge in [0.2, 0.25) is 0 Å². The molecule has 0 aromatic heterocycles. The van der Waals surface area contributed by atoms with Crippen molar-refractivity contribution in [1.82, 2.24) is 9.80 Å². The zero-order chi connectivity index (χ0) is 12.1. The Balaban J connectivity index is 1.66. The Bertz CT molecular complexity index is 219. The summed E-state index contributed by atoms with van der Waals surface area (Å²) in [4.78, 5) is 5.12. The number of rotatable bonds is 4. The summed E-state index contributed by atoms with van der Waals surface area (Å²) in [5, 5.41) is 0. The van der Waals surface area contributed by atoms with Gasteiger partial charge in [0.1, 0.15) is 0 Å². The SMILES string of the molecule is CC1CN(CCN2CCOCC2)CCC1CN. The van der Waals surface area contributed by atoms with Gasteiger partial charge in [-0.15, -0.1) is 0 Å². The first-order chi connectivity index (χ1) is 8.29. The van der Waals surface area contributed by atoms with E-state index >= 15 is 0 Å². The van der Waals surface area contributed by atoms with Crippen molar-refractivity contribution in [2.45, 2.75) is 13.3 Å². The Kier molecular flexibility index (Phi) is 5.22. The topological polar surface area (TPSA) is 41.7 Å². The fourth-order valence-corrected chi connectivity index (χ4v) is 2.94. The second-order valence-electron chi connectivity index (χ2n) is 5.52. The highest BCUT2D eigenvalue weighted by atomic mass is 16.5. The number of nitrogens with two attached hydrogens (primary N) is 1. The summed E-state index contributed by atoms with van der Waals surface area (Å²) in [6, 6.07) is 0. The van der Waals surface area contributed by atoms with Crippen molar-refractivity contribution in [3.8, 4) is 0 Å². The van der Waals surface area contributed by atoms with E-state index in [0.29, 0.717) is 0 Å². The zero-order valence-electron chi connectivity index (χ0n) is 11.1. The molecule has 2 saturated heterocycles. The van der Waals surface area contributed by atoms with Gasteiger partial charge in [0.15, 0.2) is 0 Å². The quantitative estimate of drug-likeness (QED) is 0.765. The summed E-state index contributed by atoms with van der Waals surface area (Å²) in [5.74, 6) is 1.51. The van der Waals surface area contributed by atoms with Crippen molar-refractivity contribution < 1.29 is 4.74 Å². The zero-order valence-corrected chi connectivity index (χ0v) is 11.1. The molecule has 4 nitrogen and oxygen atoms in total. The third-order valence-corrected chi connectivity index (χ3v) is 4.31. The molecule has 2 N–H and O–H groups in total. The molecule has 2 atom stereocenters. The molecule has 2 heterocycles. The minimum atomic E-state index is 0.745. The Morgan fingerprint density at radius 2 is 1.82 bits per heavy atom. The molecule has 2 rings (SSSR count). The number of ether oxygens (including phenoxy) is 1. The van der Waals surface area contributed by atoms with E-state index in [9.17, 15) is 0 Å². The van der Waals surface area contributed by atoms with E-state index in [1.54, 1.807) is 0 Å². The van der Waals surface area contributed by atoms with E-state index in [1.165, 1.54) is 32.6 Å². The van der Waals surface area contributed by atoms with Crippen molar-refractivity contribution in [1.29, 1.82) is 0 Å². The summed E-state index contributed by atoms with van der Waals surface area (Å²) >= 11 is 0. The largest absolute Gasteiger partial charge is 0.379 e. The second-order valence-corrected chi connectivity index (χ2v) is 5.52. The van der Waals surface area contributed by atoms with Crippen molar-refractivity contribution in [2.75, 3.05) is 59.0 Å². The van der Waals surface area contributed by atoms with Gasteiger partial charge in [-0.1, -0.05) is 6.92 Å². The van der Waals surface area contributed by atoms with Crippen molar-refractivity contribution >= 4 is 0 Å². The standard InChI is InChI=1S/C13H27N3O/c1-12-11-16(3-2-13(12)10-14)5-4-15-6-8-17-9-7-15/h12-13H,2-11,14H2,1H3. The van der Waals surface area contributed by atoms with Crippen LogP contribution in [0, 0.1) is 11.8 Å². The summed E-state index contributed by atoms with van der Waals surface area (Å²) in [6.07, 6.45) is 1.28. The predicted molar refractivity (Wildman–Crippen MR) is 70.0 cm³/mol. The number of likely N-dealkylation sites (tertiary alicyclic amines) is 1. The molecule has 2 aliphatic heterocycles. The first-order valence-corrected chi connectivity index (χ1v) is 7.02. The molecule has 0 saturated carbocycles. The first-order valence-electron chi connectivity index (χ1n) is 7.02. The van der Waals surface area contributed by atoms with E-state index in [1.807, 2.05) is 0 Å². The van der Waals surface area contributed by atoms with E-state index < -0.39 is 0 Å². The van der Waals surface area contributed by atoms with E-state index in [4.69, 9.17) is 10.5 Å². The number of morpholine rings is 1. The minimum Gasteiger partial charge on any atom is -0.379 e. The molecule has 17 heavy (non-hydrogen) atoms. The van der Waals surface area contributed by atoms with Gasteiger partial charge in [0, 0.05) is 32.7 Å². The van der Waals surface area contributed by atoms with Crippen molar-refractivity contribution in [2.24, 2.45) is 17.6 Å². The summed E-state index contributed by atoms with van der Waals surface area (Å²) in [7, 11) is 0. The Morgan fingerprint density at radius 1 is 1.12 bits per heavy atom. The first kappa shape index (κ1) is 13.3. The molecule has 0 radical (unpaired) electrons. The number of hydrogen-bond donors (Lipinski definition) is 1. The van der Waals surface area contributed by atoms with Crippen LogP contribution >= 0.6 is 0 Å². The van der Waals surface area contributed by atoms with Gasteiger partial charge < -0.3 is 15.4 Å². The normalized spacial score (nSPS) is 32.8. The molecule has 100 valence electrons. The minimum absolute atomic E-state index is 0.745. The average molecular weight is 241 g/mol. The van der Waals surface area contributed by atoms with Crippen LogP contribution in [0.2, 0.25) is 0 Å². The lowest BCUT2D eigenvalue weighted by Gasteiger charge is -2.37. The van der Waals surface area contributed by atoms with Crippen LogP contribution in [0.4, 0.5) is 0 Å². The molecule has 0 aliphatic carbocycles. The monoisotopic (exact) mass is 241 g/mol. The number of hydrogen-bond acceptors (Lipinski definition) is 4. The molecule has 2 aliphatic rings. The Labute approximate surface area is 105 Å². The van der Waals surface area contributed by atoms with Gasteiger partial charge in [0.05, 0.1) is 13.2 Å². The molecular weight excluding hydrogens is 214 g/mol. The van der Waals surface area contributed by atoms with Gasteiger partial charge in [-0.2, -0.15) is 0 Å². The van der Waals surface area contributed by atoms with E-state index in [-0.39, 0.29) is 0 Å². The molecule has 0 aromatic carbocycles. The Hall–Kier alpha value is -0.160. The molecule has 0 bridgehead atoms. The predicted octanol–water partition coefficient (Wildman–Crippen LogP) is 0.235. The Morgan fingerprint density at radius 3 is 2.47 bits per heavy atom. The van der Waals surface area contributed by atoms with E-state index in [0.717, 1.165) is 44.7 Å². The molecule has 0 aromatic rings. The highest BCUT2D eigenvalue weighted by Crippen LogP contribution is 2.21. The lowest BCUT2D eigenvalue weighted by atomic mass is 9.87. The third kappa shape index (κ3) is 3.91. The molecule has 2 fully saturated rings.